The standard InChI is InChI=1S/C11H11ClN4O/c1-17-9-10(12)15-7-16-11(9)14-6-8-4-2-3-5-13-8/h2-5,7H,6H2,1H3,(H,14,15,16). The molecule has 0 saturated carbocycles. The van der Waals surface area contributed by atoms with Crippen molar-refractivity contribution in [1.82, 2.24) is 15.0 Å². The van der Waals surface area contributed by atoms with Crippen molar-refractivity contribution in [3.63, 3.8) is 0 Å². The van der Waals surface area contributed by atoms with Crippen molar-refractivity contribution in [3.8, 4) is 5.75 Å². The number of anilines is 1. The van der Waals surface area contributed by atoms with Gasteiger partial charge in [0.15, 0.2) is 16.7 Å². The summed E-state index contributed by atoms with van der Waals surface area (Å²) in [6.07, 6.45) is 3.12. The van der Waals surface area contributed by atoms with E-state index in [-0.39, 0.29) is 5.15 Å². The van der Waals surface area contributed by atoms with Crippen LogP contribution in [0.3, 0.4) is 0 Å². The van der Waals surface area contributed by atoms with Gasteiger partial charge in [-0.2, -0.15) is 0 Å². The molecule has 0 spiro atoms. The molecule has 0 fully saturated rings. The van der Waals surface area contributed by atoms with Gasteiger partial charge in [-0.1, -0.05) is 17.7 Å². The third-order valence-electron chi connectivity index (χ3n) is 2.13. The molecule has 88 valence electrons. The number of rotatable bonds is 4. The third-order valence-corrected chi connectivity index (χ3v) is 2.40. The van der Waals surface area contributed by atoms with Crippen molar-refractivity contribution in [3.05, 3.63) is 41.6 Å². The molecule has 6 heteroatoms. The molecule has 5 nitrogen and oxygen atoms in total. The fourth-order valence-electron chi connectivity index (χ4n) is 1.34. The molecular formula is C11H11ClN4O. The zero-order valence-corrected chi connectivity index (χ0v) is 9.98. The minimum absolute atomic E-state index is 0.283. The summed E-state index contributed by atoms with van der Waals surface area (Å²) in [5, 5.41) is 3.38. The molecule has 0 unspecified atom stereocenters. The van der Waals surface area contributed by atoms with Crippen LogP contribution < -0.4 is 10.1 Å². The highest BCUT2D eigenvalue weighted by Gasteiger charge is 2.09. The molecule has 1 N–H and O–H groups in total. The van der Waals surface area contributed by atoms with E-state index in [1.807, 2.05) is 18.2 Å². The van der Waals surface area contributed by atoms with E-state index >= 15 is 0 Å². The number of ether oxygens (including phenoxy) is 1. The number of halogens is 1. The molecule has 0 radical (unpaired) electrons. The maximum absolute atomic E-state index is 5.88. The minimum Gasteiger partial charge on any atom is -0.490 e. The summed E-state index contributed by atoms with van der Waals surface area (Å²) in [7, 11) is 1.52. The van der Waals surface area contributed by atoms with E-state index in [0.717, 1.165) is 5.69 Å². The van der Waals surface area contributed by atoms with Crippen molar-refractivity contribution in [2.45, 2.75) is 6.54 Å². The highest BCUT2D eigenvalue weighted by Crippen LogP contribution is 2.28. The molecule has 2 rings (SSSR count). The fourth-order valence-corrected chi connectivity index (χ4v) is 1.55. The van der Waals surface area contributed by atoms with E-state index in [1.165, 1.54) is 13.4 Å². The summed E-state index contributed by atoms with van der Waals surface area (Å²) in [5.41, 5.74) is 0.907. The van der Waals surface area contributed by atoms with Crippen LogP contribution in [0.25, 0.3) is 0 Å². The van der Waals surface area contributed by atoms with Crippen LogP contribution >= 0.6 is 11.6 Å². The van der Waals surface area contributed by atoms with Crippen molar-refractivity contribution in [2.24, 2.45) is 0 Å². The molecule has 2 aromatic heterocycles. The number of methoxy groups -OCH3 is 1. The fraction of sp³-hybridized carbons (Fsp3) is 0.182. The van der Waals surface area contributed by atoms with Gasteiger partial charge in [-0.15, -0.1) is 0 Å². The monoisotopic (exact) mass is 250 g/mol. The molecule has 0 bridgehead atoms. The van der Waals surface area contributed by atoms with E-state index in [1.54, 1.807) is 6.20 Å². The molecule has 0 saturated heterocycles. The summed E-state index contributed by atoms with van der Waals surface area (Å²) in [4.78, 5) is 12.1. The van der Waals surface area contributed by atoms with Crippen LogP contribution in [0.15, 0.2) is 30.7 Å². The summed E-state index contributed by atoms with van der Waals surface area (Å²) >= 11 is 5.88. The van der Waals surface area contributed by atoms with Crippen LogP contribution in [0, 0.1) is 0 Å². The third kappa shape index (κ3) is 2.82. The summed E-state index contributed by atoms with van der Waals surface area (Å²) in [6.45, 7) is 0.546. The predicted molar refractivity (Wildman–Crippen MR) is 65.2 cm³/mol. The molecule has 0 atom stereocenters. The zero-order chi connectivity index (χ0) is 12.1. The molecule has 0 aliphatic rings. The first kappa shape index (κ1) is 11.6. The quantitative estimate of drug-likeness (QED) is 0.843. The average Bonchev–Trinajstić information content (AvgIpc) is 2.37. The maximum atomic E-state index is 5.88. The van der Waals surface area contributed by atoms with Crippen LogP contribution in [0.5, 0.6) is 5.75 Å². The lowest BCUT2D eigenvalue weighted by Gasteiger charge is -2.09. The predicted octanol–water partition coefficient (Wildman–Crippen LogP) is 2.15. The van der Waals surface area contributed by atoms with Crippen molar-refractivity contribution >= 4 is 17.4 Å². The van der Waals surface area contributed by atoms with E-state index in [4.69, 9.17) is 16.3 Å². The van der Waals surface area contributed by atoms with Gasteiger partial charge in [0, 0.05) is 6.20 Å². The topological polar surface area (TPSA) is 59.9 Å². The van der Waals surface area contributed by atoms with Gasteiger partial charge in [-0.05, 0) is 12.1 Å². The molecular weight excluding hydrogens is 240 g/mol. The van der Waals surface area contributed by atoms with E-state index < -0.39 is 0 Å². The van der Waals surface area contributed by atoms with Gasteiger partial charge < -0.3 is 10.1 Å². The van der Waals surface area contributed by atoms with E-state index in [2.05, 4.69) is 20.3 Å². The molecule has 2 aromatic rings. The lowest BCUT2D eigenvalue weighted by Crippen LogP contribution is -2.05. The van der Waals surface area contributed by atoms with Gasteiger partial charge in [0.05, 0.1) is 19.3 Å². The Morgan fingerprint density at radius 3 is 2.88 bits per heavy atom. The molecule has 0 aliphatic heterocycles. The zero-order valence-electron chi connectivity index (χ0n) is 9.22. The van der Waals surface area contributed by atoms with E-state index in [9.17, 15) is 0 Å². The Bertz CT molecular complexity index is 492. The van der Waals surface area contributed by atoms with Crippen LogP contribution in [0.1, 0.15) is 5.69 Å². The summed E-state index contributed by atoms with van der Waals surface area (Å²) in [6, 6.07) is 5.71. The number of aromatic nitrogens is 3. The first-order valence-electron chi connectivity index (χ1n) is 4.99. The maximum Gasteiger partial charge on any atom is 0.198 e. The Kier molecular flexibility index (Phi) is 3.72. The molecule has 2 heterocycles. The second kappa shape index (κ2) is 5.45. The summed E-state index contributed by atoms with van der Waals surface area (Å²) in [5.74, 6) is 0.989. The Hall–Kier alpha value is -1.88. The van der Waals surface area contributed by atoms with Crippen molar-refractivity contribution in [2.75, 3.05) is 12.4 Å². The number of nitrogens with zero attached hydrogens (tertiary/aromatic N) is 3. The number of pyridine rings is 1. The first-order chi connectivity index (χ1) is 8.31. The Labute approximate surface area is 104 Å². The Balaban J connectivity index is 2.12. The van der Waals surface area contributed by atoms with E-state index in [0.29, 0.717) is 18.1 Å². The molecule has 0 amide bonds. The van der Waals surface area contributed by atoms with Gasteiger partial charge in [-0.25, -0.2) is 9.97 Å². The highest BCUT2D eigenvalue weighted by atomic mass is 35.5. The van der Waals surface area contributed by atoms with Gasteiger partial charge in [0.1, 0.15) is 6.33 Å². The lowest BCUT2D eigenvalue weighted by molar-refractivity contribution is 0.413. The van der Waals surface area contributed by atoms with Crippen LogP contribution in [0.2, 0.25) is 5.15 Å². The smallest absolute Gasteiger partial charge is 0.198 e. The Morgan fingerprint density at radius 1 is 1.29 bits per heavy atom. The van der Waals surface area contributed by atoms with Gasteiger partial charge in [0.2, 0.25) is 0 Å². The second-order valence-electron chi connectivity index (χ2n) is 3.22. The molecule has 0 aliphatic carbocycles. The SMILES string of the molecule is COc1c(Cl)ncnc1NCc1ccccn1. The number of hydrogen-bond donors (Lipinski definition) is 1. The van der Waals surface area contributed by atoms with Crippen molar-refractivity contribution in [1.29, 1.82) is 0 Å². The van der Waals surface area contributed by atoms with Gasteiger partial charge in [-0.3, -0.25) is 4.98 Å². The number of hydrogen-bond acceptors (Lipinski definition) is 5. The summed E-state index contributed by atoms with van der Waals surface area (Å²) < 4.78 is 5.12. The van der Waals surface area contributed by atoms with Crippen molar-refractivity contribution < 1.29 is 4.74 Å². The second-order valence-corrected chi connectivity index (χ2v) is 3.58. The number of nitrogens with one attached hydrogen (secondary N) is 1. The molecule has 0 aromatic carbocycles. The Morgan fingerprint density at radius 2 is 2.18 bits per heavy atom. The molecule has 17 heavy (non-hydrogen) atoms. The lowest BCUT2D eigenvalue weighted by atomic mass is 10.3. The van der Waals surface area contributed by atoms with Gasteiger partial charge in [0.25, 0.3) is 0 Å². The largest absolute Gasteiger partial charge is 0.490 e. The van der Waals surface area contributed by atoms with Gasteiger partial charge >= 0.3 is 0 Å². The van der Waals surface area contributed by atoms with Crippen LogP contribution in [0.4, 0.5) is 5.82 Å². The minimum atomic E-state index is 0.283. The first-order valence-corrected chi connectivity index (χ1v) is 5.37. The normalized spacial score (nSPS) is 10.0. The van der Waals surface area contributed by atoms with Crippen LogP contribution in [-0.2, 0) is 6.54 Å². The average molecular weight is 251 g/mol. The van der Waals surface area contributed by atoms with Crippen LogP contribution in [-0.4, -0.2) is 22.1 Å². The highest BCUT2D eigenvalue weighted by molar-refractivity contribution is 6.31.